The molecule has 7 nitrogen and oxygen atoms in total. The lowest BCUT2D eigenvalue weighted by molar-refractivity contribution is -0.142. The molecule has 0 aromatic carbocycles. The molecule has 0 N–H and O–H groups in total. The molecular formula is C21H22F3N5O2. The van der Waals surface area contributed by atoms with Gasteiger partial charge in [0.2, 0.25) is 5.88 Å². The summed E-state index contributed by atoms with van der Waals surface area (Å²) in [5.74, 6) is -0.0997. The topological polar surface area (TPSA) is 72.6 Å². The third-order valence-electron chi connectivity index (χ3n) is 5.39. The Balaban J connectivity index is 1.74. The Kier molecular flexibility index (Phi) is 5.32. The Labute approximate surface area is 176 Å². The summed E-state index contributed by atoms with van der Waals surface area (Å²) in [6.45, 7) is 4.06. The van der Waals surface area contributed by atoms with Crippen molar-refractivity contribution < 1.29 is 22.7 Å². The lowest BCUT2D eigenvalue weighted by Crippen LogP contribution is -2.30. The molecule has 1 aliphatic rings. The average Bonchev–Trinajstić information content (AvgIpc) is 3.38. The number of hydrogen-bond acceptors (Lipinski definition) is 5. The molecule has 0 spiro atoms. The third kappa shape index (κ3) is 3.94. The lowest BCUT2D eigenvalue weighted by atomic mass is 10.1. The van der Waals surface area contributed by atoms with E-state index < -0.39 is 17.9 Å². The maximum atomic E-state index is 13.7. The first-order chi connectivity index (χ1) is 14.7. The Morgan fingerprint density at radius 3 is 2.71 bits per heavy atom. The molecule has 0 aliphatic carbocycles. The first kappa shape index (κ1) is 21.1. The van der Waals surface area contributed by atoms with Crippen LogP contribution in [0.2, 0.25) is 0 Å². The zero-order valence-corrected chi connectivity index (χ0v) is 17.3. The molecule has 4 rings (SSSR count). The first-order valence-corrected chi connectivity index (χ1v) is 9.98. The number of nitrogens with zero attached hydrogens (tertiary/aromatic N) is 5. The van der Waals surface area contributed by atoms with Crippen LogP contribution in [-0.2, 0) is 6.18 Å². The van der Waals surface area contributed by atoms with Gasteiger partial charge >= 0.3 is 6.18 Å². The maximum Gasteiger partial charge on any atom is 0.433 e. The summed E-state index contributed by atoms with van der Waals surface area (Å²) in [4.78, 5) is 23.1. The fraction of sp³-hybridized carbons (Fsp3) is 0.429. The van der Waals surface area contributed by atoms with Crippen molar-refractivity contribution in [3.05, 3.63) is 53.1 Å². The van der Waals surface area contributed by atoms with Gasteiger partial charge in [0, 0.05) is 36.1 Å². The largest absolute Gasteiger partial charge is 0.481 e. The van der Waals surface area contributed by atoms with Gasteiger partial charge in [-0.2, -0.15) is 18.3 Å². The van der Waals surface area contributed by atoms with Crippen LogP contribution in [0.3, 0.4) is 0 Å². The Morgan fingerprint density at radius 1 is 1.26 bits per heavy atom. The van der Waals surface area contributed by atoms with Crippen molar-refractivity contribution in [3.8, 4) is 5.88 Å². The van der Waals surface area contributed by atoms with E-state index >= 15 is 0 Å². The number of alkyl halides is 3. The minimum absolute atomic E-state index is 0.124. The normalized spacial score (nSPS) is 17.0. The summed E-state index contributed by atoms with van der Waals surface area (Å²) >= 11 is 0. The Hall–Kier alpha value is -3.17. The summed E-state index contributed by atoms with van der Waals surface area (Å²) in [6, 6.07) is 5.28. The van der Waals surface area contributed by atoms with Crippen molar-refractivity contribution in [2.45, 2.75) is 44.8 Å². The fourth-order valence-corrected chi connectivity index (χ4v) is 3.81. The van der Waals surface area contributed by atoms with Gasteiger partial charge in [-0.05, 0) is 30.9 Å². The molecule has 164 valence electrons. The van der Waals surface area contributed by atoms with E-state index in [9.17, 15) is 18.0 Å². The first-order valence-electron chi connectivity index (χ1n) is 9.98. The number of carbonyl (C=O) groups excluding carboxylic acids is 1. The van der Waals surface area contributed by atoms with Gasteiger partial charge in [0.15, 0.2) is 5.65 Å². The Morgan fingerprint density at radius 2 is 2.03 bits per heavy atom. The van der Waals surface area contributed by atoms with Crippen molar-refractivity contribution in [2.24, 2.45) is 0 Å². The molecule has 10 heteroatoms. The fourth-order valence-electron chi connectivity index (χ4n) is 3.81. The van der Waals surface area contributed by atoms with E-state index in [-0.39, 0.29) is 17.5 Å². The summed E-state index contributed by atoms with van der Waals surface area (Å²) < 4.78 is 46.9. The van der Waals surface area contributed by atoms with E-state index in [2.05, 4.69) is 15.1 Å². The highest BCUT2D eigenvalue weighted by molar-refractivity contribution is 5.94. The van der Waals surface area contributed by atoms with Crippen LogP contribution in [0.15, 0.2) is 30.5 Å². The van der Waals surface area contributed by atoms with E-state index in [0.717, 1.165) is 17.0 Å². The number of aromatic nitrogens is 4. The zero-order valence-electron chi connectivity index (χ0n) is 17.3. The molecule has 1 saturated heterocycles. The lowest BCUT2D eigenvalue weighted by Gasteiger charge is -2.23. The Bertz CT molecular complexity index is 1130. The molecule has 0 bridgehead atoms. The van der Waals surface area contributed by atoms with Crippen molar-refractivity contribution in [3.63, 3.8) is 0 Å². The van der Waals surface area contributed by atoms with Gasteiger partial charge in [-0.1, -0.05) is 13.8 Å². The predicted octanol–water partition coefficient (Wildman–Crippen LogP) is 4.25. The van der Waals surface area contributed by atoms with Crippen LogP contribution in [0.4, 0.5) is 13.2 Å². The van der Waals surface area contributed by atoms with Crippen molar-refractivity contribution in [1.29, 1.82) is 0 Å². The second-order valence-corrected chi connectivity index (χ2v) is 7.80. The molecule has 4 heterocycles. The van der Waals surface area contributed by atoms with Crippen LogP contribution in [-0.4, -0.2) is 44.0 Å². The second-order valence-electron chi connectivity index (χ2n) is 7.80. The van der Waals surface area contributed by atoms with E-state index in [1.807, 2.05) is 0 Å². The number of methoxy groups -OCH3 is 1. The molecule has 0 unspecified atom stereocenters. The van der Waals surface area contributed by atoms with E-state index in [0.29, 0.717) is 35.8 Å². The number of ether oxygens (including phenoxy) is 1. The van der Waals surface area contributed by atoms with Gasteiger partial charge in [0.1, 0.15) is 5.69 Å². The predicted molar refractivity (Wildman–Crippen MR) is 106 cm³/mol. The van der Waals surface area contributed by atoms with Gasteiger partial charge < -0.3 is 9.64 Å². The monoisotopic (exact) mass is 433 g/mol. The number of amides is 1. The molecule has 0 radical (unpaired) electrons. The second kappa shape index (κ2) is 7.82. The van der Waals surface area contributed by atoms with Crippen molar-refractivity contribution in [2.75, 3.05) is 13.7 Å². The summed E-state index contributed by atoms with van der Waals surface area (Å²) in [5.41, 5.74) is 0.389. The summed E-state index contributed by atoms with van der Waals surface area (Å²) in [6.07, 6.45) is -1.76. The number of pyridine rings is 1. The number of rotatable bonds is 4. The molecule has 3 aromatic rings. The molecule has 1 fully saturated rings. The van der Waals surface area contributed by atoms with Gasteiger partial charge in [0.25, 0.3) is 5.91 Å². The van der Waals surface area contributed by atoms with Crippen LogP contribution < -0.4 is 4.74 Å². The summed E-state index contributed by atoms with van der Waals surface area (Å²) in [5, 5.41) is 4.22. The van der Waals surface area contributed by atoms with Gasteiger partial charge in [-0.15, -0.1) is 0 Å². The maximum absolute atomic E-state index is 13.7. The molecule has 1 amide bonds. The molecule has 1 atom stereocenters. The molecule has 3 aromatic heterocycles. The minimum atomic E-state index is -4.58. The average molecular weight is 433 g/mol. The number of halogens is 3. The standard InChI is InChI=1S/C21H22F3N5O2/c1-12(2)14-10-17(21(22,23)24)29-18(26-14)11-15(27-29)16-5-4-8-28(16)20(30)13-6-7-25-19(9-13)31-3/h6-7,9-12,16H,4-5,8H2,1-3H3/t16-/m0/s1. The number of carbonyl (C=O) groups is 1. The van der Waals surface area contributed by atoms with E-state index in [4.69, 9.17) is 4.74 Å². The highest BCUT2D eigenvalue weighted by Crippen LogP contribution is 2.35. The number of likely N-dealkylation sites (tertiary alicyclic amines) is 1. The van der Waals surface area contributed by atoms with Gasteiger partial charge in [-0.3, -0.25) is 4.79 Å². The van der Waals surface area contributed by atoms with Crippen LogP contribution in [0, 0.1) is 0 Å². The smallest absolute Gasteiger partial charge is 0.433 e. The van der Waals surface area contributed by atoms with Crippen LogP contribution >= 0.6 is 0 Å². The van der Waals surface area contributed by atoms with E-state index in [1.54, 1.807) is 36.9 Å². The summed E-state index contributed by atoms with van der Waals surface area (Å²) in [7, 11) is 1.46. The third-order valence-corrected chi connectivity index (χ3v) is 5.39. The quantitative estimate of drug-likeness (QED) is 0.615. The van der Waals surface area contributed by atoms with Crippen LogP contribution in [0.25, 0.3) is 5.65 Å². The van der Waals surface area contributed by atoms with Gasteiger partial charge in [0.05, 0.1) is 18.8 Å². The number of hydrogen-bond donors (Lipinski definition) is 0. The van der Waals surface area contributed by atoms with Crippen LogP contribution in [0.5, 0.6) is 5.88 Å². The minimum Gasteiger partial charge on any atom is -0.481 e. The molecule has 31 heavy (non-hydrogen) atoms. The van der Waals surface area contributed by atoms with Gasteiger partial charge in [-0.25, -0.2) is 14.5 Å². The molecule has 1 aliphatic heterocycles. The number of fused-ring (bicyclic) bond motifs is 1. The zero-order chi connectivity index (χ0) is 22.3. The molecular weight excluding hydrogens is 411 g/mol. The highest BCUT2D eigenvalue weighted by atomic mass is 19.4. The van der Waals surface area contributed by atoms with Crippen LogP contribution in [0.1, 0.15) is 66.1 Å². The van der Waals surface area contributed by atoms with E-state index in [1.165, 1.54) is 13.3 Å². The molecule has 0 saturated carbocycles. The highest BCUT2D eigenvalue weighted by Gasteiger charge is 2.37. The SMILES string of the molecule is COc1cc(C(=O)N2CCC[C@H]2c2cc3nc(C(C)C)cc(C(F)(F)F)n3n2)ccn1. The van der Waals surface area contributed by atoms with Crippen molar-refractivity contribution in [1.82, 2.24) is 24.5 Å². The van der Waals surface area contributed by atoms with Crippen molar-refractivity contribution >= 4 is 11.6 Å².